The van der Waals surface area contributed by atoms with Crippen molar-refractivity contribution in [3.8, 4) is 5.75 Å². The molecule has 2 heteroatoms. The number of benzene rings is 1. The zero-order valence-electron chi connectivity index (χ0n) is 10.5. The fourth-order valence-electron chi connectivity index (χ4n) is 4.75. The van der Waals surface area contributed by atoms with Crippen molar-refractivity contribution in [3.63, 3.8) is 0 Å². The standard InChI is InChI=1S/C15H18O2/c1-14(2,16)15-7-11-10-6-8(17-3)4-5-9(10)12(15)13(11)15/h4-6,11-13,16H,7H2,1-3H3/t11-,12-,13-,15-/m0/s1. The molecule has 0 aliphatic heterocycles. The van der Waals surface area contributed by atoms with Gasteiger partial charge in [0.1, 0.15) is 5.75 Å². The van der Waals surface area contributed by atoms with E-state index in [0.717, 1.165) is 12.2 Å². The maximum absolute atomic E-state index is 10.4. The monoisotopic (exact) mass is 230 g/mol. The molecule has 2 nitrogen and oxygen atoms in total. The first-order chi connectivity index (χ1) is 8.00. The van der Waals surface area contributed by atoms with Crippen LogP contribution in [0.5, 0.6) is 5.75 Å². The molecule has 4 rings (SSSR count). The minimum absolute atomic E-state index is 0.194. The van der Waals surface area contributed by atoms with Crippen LogP contribution >= 0.6 is 0 Å². The van der Waals surface area contributed by atoms with Crippen LogP contribution in [0.3, 0.4) is 0 Å². The van der Waals surface area contributed by atoms with E-state index in [9.17, 15) is 5.11 Å². The van der Waals surface area contributed by atoms with Crippen molar-refractivity contribution in [2.45, 2.75) is 37.7 Å². The summed E-state index contributed by atoms with van der Waals surface area (Å²) in [6, 6.07) is 6.45. The predicted octanol–water partition coefficient (Wildman–Crippen LogP) is 2.67. The molecule has 1 N–H and O–H groups in total. The largest absolute Gasteiger partial charge is 0.497 e. The average molecular weight is 230 g/mol. The molecule has 0 saturated heterocycles. The summed E-state index contributed by atoms with van der Waals surface area (Å²) in [7, 11) is 1.72. The first-order valence-corrected chi connectivity index (χ1v) is 6.41. The highest BCUT2D eigenvalue weighted by Gasteiger charge is 2.83. The molecule has 90 valence electrons. The van der Waals surface area contributed by atoms with Crippen molar-refractivity contribution in [3.05, 3.63) is 29.3 Å². The van der Waals surface area contributed by atoms with Crippen LogP contribution in [0.2, 0.25) is 0 Å². The second-order valence-corrected chi connectivity index (χ2v) is 6.41. The van der Waals surface area contributed by atoms with E-state index >= 15 is 0 Å². The summed E-state index contributed by atoms with van der Waals surface area (Å²) in [6.07, 6.45) is 1.16. The molecule has 2 saturated carbocycles. The van der Waals surface area contributed by atoms with E-state index in [0.29, 0.717) is 17.8 Å². The molecule has 0 spiro atoms. The molecule has 3 aliphatic rings. The summed E-state index contributed by atoms with van der Waals surface area (Å²) >= 11 is 0. The predicted molar refractivity (Wildman–Crippen MR) is 65.3 cm³/mol. The Bertz CT molecular complexity index is 514. The highest BCUT2D eigenvalue weighted by Crippen LogP contribution is 2.89. The lowest BCUT2D eigenvalue weighted by atomic mass is 9.62. The van der Waals surface area contributed by atoms with Gasteiger partial charge >= 0.3 is 0 Å². The van der Waals surface area contributed by atoms with Crippen LogP contribution in [0.4, 0.5) is 0 Å². The molecule has 2 fully saturated rings. The average Bonchev–Trinajstić information content (AvgIpc) is 2.68. The molecule has 0 bridgehead atoms. The normalized spacial score (nSPS) is 40.4. The molecule has 4 atom stereocenters. The van der Waals surface area contributed by atoms with Gasteiger partial charge in [0.05, 0.1) is 12.7 Å². The van der Waals surface area contributed by atoms with Crippen LogP contribution in [-0.4, -0.2) is 17.8 Å². The molecule has 0 amide bonds. The Labute approximate surface area is 102 Å². The van der Waals surface area contributed by atoms with Gasteiger partial charge < -0.3 is 9.84 Å². The molecule has 17 heavy (non-hydrogen) atoms. The van der Waals surface area contributed by atoms with Crippen LogP contribution in [0.1, 0.15) is 43.2 Å². The number of rotatable bonds is 2. The lowest BCUT2D eigenvalue weighted by Gasteiger charge is -2.45. The van der Waals surface area contributed by atoms with Crippen molar-refractivity contribution >= 4 is 0 Å². The number of fused-ring (bicyclic) bond motifs is 4. The Morgan fingerprint density at radius 2 is 2.12 bits per heavy atom. The van der Waals surface area contributed by atoms with Crippen LogP contribution < -0.4 is 4.74 Å². The number of aliphatic hydroxyl groups is 1. The van der Waals surface area contributed by atoms with Gasteiger partial charge in [-0.15, -0.1) is 0 Å². The van der Waals surface area contributed by atoms with Gasteiger partial charge in [-0.05, 0) is 61.3 Å². The van der Waals surface area contributed by atoms with Gasteiger partial charge in [0.25, 0.3) is 0 Å². The Balaban J connectivity index is 1.79. The number of hydrogen-bond acceptors (Lipinski definition) is 2. The second-order valence-electron chi connectivity index (χ2n) is 6.41. The summed E-state index contributed by atoms with van der Waals surface area (Å²) in [5.74, 6) is 2.94. The Morgan fingerprint density at radius 1 is 1.35 bits per heavy atom. The van der Waals surface area contributed by atoms with Crippen LogP contribution in [0, 0.1) is 11.3 Å². The molecular formula is C15H18O2. The van der Waals surface area contributed by atoms with Crippen LogP contribution in [0.25, 0.3) is 0 Å². The minimum Gasteiger partial charge on any atom is -0.497 e. The Morgan fingerprint density at radius 3 is 2.76 bits per heavy atom. The smallest absolute Gasteiger partial charge is 0.119 e. The maximum atomic E-state index is 10.4. The quantitative estimate of drug-likeness (QED) is 0.846. The molecule has 0 aromatic heterocycles. The van der Waals surface area contributed by atoms with E-state index in [2.05, 4.69) is 18.2 Å². The molecule has 3 aliphatic carbocycles. The number of methoxy groups -OCH3 is 1. The van der Waals surface area contributed by atoms with E-state index in [1.54, 1.807) is 7.11 Å². The third-order valence-corrected chi connectivity index (χ3v) is 5.56. The van der Waals surface area contributed by atoms with Crippen molar-refractivity contribution < 1.29 is 9.84 Å². The fraction of sp³-hybridized carbons (Fsp3) is 0.600. The van der Waals surface area contributed by atoms with Gasteiger partial charge in [0.2, 0.25) is 0 Å². The third kappa shape index (κ3) is 0.866. The van der Waals surface area contributed by atoms with Gasteiger partial charge in [-0.25, -0.2) is 0 Å². The molecule has 1 aromatic rings. The van der Waals surface area contributed by atoms with E-state index in [-0.39, 0.29) is 5.41 Å². The zero-order chi connectivity index (χ0) is 12.0. The van der Waals surface area contributed by atoms with E-state index in [1.807, 2.05) is 13.8 Å². The topological polar surface area (TPSA) is 29.5 Å². The highest BCUT2D eigenvalue weighted by molar-refractivity contribution is 5.59. The molecular weight excluding hydrogens is 212 g/mol. The first-order valence-electron chi connectivity index (χ1n) is 6.41. The van der Waals surface area contributed by atoms with Crippen LogP contribution in [0.15, 0.2) is 18.2 Å². The molecule has 1 aromatic carbocycles. The van der Waals surface area contributed by atoms with Crippen molar-refractivity contribution in [1.29, 1.82) is 0 Å². The van der Waals surface area contributed by atoms with Gasteiger partial charge in [0, 0.05) is 5.41 Å². The SMILES string of the molecule is COc1ccc2c(c1)[C@@H]1C[C@@]3(C(C)(C)O)[C@@H]1[C@H]23. The van der Waals surface area contributed by atoms with Gasteiger partial charge in [0.15, 0.2) is 0 Å². The fourth-order valence-corrected chi connectivity index (χ4v) is 4.75. The minimum atomic E-state index is -0.531. The molecule has 0 heterocycles. The summed E-state index contributed by atoms with van der Waals surface area (Å²) in [5, 5.41) is 10.4. The van der Waals surface area contributed by atoms with E-state index < -0.39 is 5.60 Å². The molecule has 0 radical (unpaired) electrons. The number of hydrogen-bond donors (Lipinski definition) is 1. The van der Waals surface area contributed by atoms with E-state index in [1.165, 1.54) is 11.1 Å². The summed E-state index contributed by atoms with van der Waals surface area (Å²) in [4.78, 5) is 0. The first kappa shape index (κ1) is 9.95. The van der Waals surface area contributed by atoms with Gasteiger partial charge in [-0.1, -0.05) is 6.07 Å². The van der Waals surface area contributed by atoms with Crippen molar-refractivity contribution in [2.24, 2.45) is 11.3 Å². The Kier molecular flexibility index (Phi) is 1.48. The highest BCUT2D eigenvalue weighted by atomic mass is 16.5. The lowest BCUT2D eigenvalue weighted by Crippen LogP contribution is -2.44. The van der Waals surface area contributed by atoms with Crippen molar-refractivity contribution in [1.82, 2.24) is 0 Å². The molecule has 0 unspecified atom stereocenters. The lowest BCUT2D eigenvalue weighted by molar-refractivity contribution is -0.0483. The van der Waals surface area contributed by atoms with Crippen LogP contribution in [-0.2, 0) is 0 Å². The Hall–Kier alpha value is -1.02. The van der Waals surface area contributed by atoms with Crippen molar-refractivity contribution in [2.75, 3.05) is 7.11 Å². The van der Waals surface area contributed by atoms with Gasteiger partial charge in [-0.3, -0.25) is 0 Å². The summed E-state index contributed by atoms with van der Waals surface area (Å²) in [6.45, 7) is 3.95. The van der Waals surface area contributed by atoms with Gasteiger partial charge in [-0.2, -0.15) is 0 Å². The summed E-state index contributed by atoms with van der Waals surface area (Å²) < 4.78 is 5.30. The summed E-state index contributed by atoms with van der Waals surface area (Å²) in [5.41, 5.74) is 2.61. The van der Waals surface area contributed by atoms with E-state index in [4.69, 9.17) is 4.74 Å². The maximum Gasteiger partial charge on any atom is 0.119 e. The third-order valence-electron chi connectivity index (χ3n) is 5.56. The number of ether oxygens (including phenoxy) is 1. The zero-order valence-corrected chi connectivity index (χ0v) is 10.5. The second kappa shape index (κ2) is 2.54.